The number of nitrogens with one attached hydrogen (secondary N) is 1. The Hall–Kier alpha value is -1.55. The van der Waals surface area contributed by atoms with Gasteiger partial charge in [0.1, 0.15) is 5.75 Å². The van der Waals surface area contributed by atoms with Gasteiger partial charge in [0.15, 0.2) is 6.10 Å². The number of aliphatic hydroxyl groups is 1. The van der Waals surface area contributed by atoms with E-state index in [-0.39, 0.29) is 12.5 Å². The van der Waals surface area contributed by atoms with E-state index in [1.165, 1.54) is 5.56 Å². The predicted octanol–water partition coefficient (Wildman–Crippen LogP) is 2.38. The normalized spacial score (nSPS) is 13.9. The Kier molecular flexibility index (Phi) is 6.02. The molecule has 2 atom stereocenters. The standard InChI is InChI=1S/C16H25NO3/c1-10(2)14-7-6-11(3)15(8-14)20-13(5)16(19)17-9-12(4)18/h6-8,10,12-13,18H,9H2,1-5H3,(H,17,19). The third-order valence-electron chi connectivity index (χ3n) is 3.12. The van der Waals surface area contributed by atoms with Crippen LogP contribution in [0.25, 0.3) is 0 Å². The van der Waals surface area contributed by atoms with Crippen molar-refractivity contribution in [3.05, 3.63) is 29.3 Å². The Morgan fingerprint density at radius 2 is 1.95 bits per heavy atom. The fourth-order valence-corrected chi connectivity index (χ4v) is 1.74. The molecule has 1 aromatic rings. The van der Waals surface area contributed by atoms with Crippen molar-refractivity contribution in [3.8, 4) is 5.75 Å². The van der Waals surface area contributed by atoms with E-state index in [0.29, 0.717) is 5.92 Å². The van der Waals surface area contributed by atoms with Crippen molar-refractivity contribution in [2.75, 3.05) is 6.54 Å². The van der Waals surface area contributed by atoms with Gasteiger partial charge in [0, 0.05) is 6.54 Å². The lowest BCUT2D eigenvalue weighted by atomic mass is 10.0. The van der Waals surface area contributed by atoms with E-state index in [4.69, 9.17) is 9.84 Å². The topological polar surface area (TPSA) is 58.6 Å². The zero-order valence-electron chi connectivity index (χ0n) is 12.9. The molecule has 0 aliphatic rings. The Labute approximate surface area is 121 Å². The maximum atomic E-state index is 11.8. The number of ether oxygens (including phenoxy) is 1. The lowest BCUT2D eigenvalue weighted by molar-refractivity contribution is -0.127. The molecule has 1 amide bonds. The molecule has 20 heavy (non-hydrogen) atoms. The second kappa shape index (κ2) is 7.29. The first-order valence-corrected chi connectivity index (χ1v) is 7.04. The average molecular weight is 279 g/mol. The van der Waals surface area contributed by atoms with Gasteiger partial charge in [0.25, 0.3) is 5.91 Å². The van der Waals surface area contributed by atoms with Crippen molar-refractivity contribution >= 4 is 5.91 Å². The minimum Gasteiger partial charge on any atom is -0.481 e. The summed E-state index contributed by atoms with van der Waals surface area (Å²) in [7, 11) is 0. The van der Waals surface area contributed by atoms with Crippen molar-refractivity contribution in [3.63, 3.8) is 0 Å². The van der Waals surface area contributed by atoms with Crippen LogP contribution in [-0.4, -0.2) is 29.8 Å². The van der Waals surface area contributed by atoms with Gasteiger partial charge in [0.2, 0.25) is 0 Å². The summed E-state index contributed by atoms with van der Waals surface area (Å²) < 4.78 is 5.74. The summed E-state index contributed by atoms with van der Waals surface area (Å²) in [6, 6.07) is 6.06. The molecule has 0 fully saturated rings. The van der Waals surface area contributed by atoms with E-state index in [1.807, 2.05) is 19.1 Å². The van der Waals surface area contributed by atoms with Gasteiger partial charge in [0.05, 0.1) is 6.10 Å². The number of carbonyl (C=O) groups is 1. The Morgan fingerprint density at radius 3 is 2.50 bits per heavy atom. The summed E-state index contributed by atoms with van der Waals surface area (Å²) >= 11 is 0. The van der Waals surface area contributed by atoms with Crippen LogP contribution < -0.4 is 10.1 Å². The summed E-state index contributed by atoms with van der Waals surface area (Å²) in [6.45, 7) is 9.76. The molecule has 0 saturated heterocycles. The highest BCUT2D eigenvalue weighted by Gasteiger charge is 2.16. The summed E-state index contributed by atoms with van der Waals surface area (Å²) in [5.41, 5.74) is 2.19. The number of aryl methyl sites for hydroxylation is 1. The summed E-state index contributed by atoms with van der Waals surface area (Å²) in [5.74, 6) is 0.925. The molecule has 0 aromatic heterocycles. The van der Waals surface area contributed by atoms with E-state index in [9.17, 15) is 4.79 Å². The van der Waals surface area contributed by atoms with Crippen LogP contribution >= 0.6 is 0 Å². The number of carbonyl (C=O) groups excluding carboxylic acids is 1. The number of amides is 1. The van der Waals surface area contributed by atoms with E-state index >= 15 is 0 Å². The molecule has 0 spiro atoms. The molecule has 0 aliphatic heterocycles. The molecule has 0 aliphatic carbocycles. The zero-order valence-corrected chi connectivity index (χ0v) is 12.9. The number of hydrogen-bond acceptors (Lipinski definition) is 3. The number of aliphatic hydroxyl groups excluding tert-OH is 1. The monoisotopic (exact) mass is 279 g/mol. The summed E-state index contributed by atoms with van der Waals surface area (Å²) in [4.78, 5) is 11.8. The van der Waals surface area contributed by atoms with Crippen LogP contribution in [-0.2, 0) is 4.79 Å². The van der Waals surface area contributed by atoms with Crippen molar-refractivity contribution in [2.45, 2.75) is 52.7 Å². The maximum absolute atomic E-state index is 11.8. The van der Waals surface area contributed by atoms with E-state index in [0.717, 1.165) is 11.3 Å². The van der Waals surface area contributed by atoms with Gasteiger partial charge in [-0.05, 0) is 43.9 Å². The van der Waals surface area contributed by atoms with Crippen molar-refractivity contribution in [1.29, 1.82) is 0 Å². The average Bonchev–Trinajstić information content (AvgIpc) is 2.37. The highest BCUT2D eigenvalue weighted by Crippen LogP contribution is 2.25. The molecule has 4 nitrogen and oxygen atoms in total. The second-order valence-corrected chi connectivity index (χ2v) is 5.53. The van der Waals surface area contributed by atoms with Crippen LogP contribution in [0.1, 0.15) is 44.7 Å². The maximum Gasteiger partial charge on any atom is 0.260 e. The van der Waals surface area contributed by atoms with Crippen LogP contribution in [0.4, 0.5) is 0 Å². The number of rotatable bonds is 6. The third kappa shape index (κ3) is 4.85. The molecular weight excluding hydrogens is 254 g/mol. The lowest BCUT2D eigenvalue weighted by Crippen LogP contribution is -2.39. The van der Waals surface area contributed by atoms with Crippen LogP contribution in [0.5, 0.6) is 5.75 Å². The molecule has 0 radical (unpaired) electrons. The van der Waals surface area contributed by atoms with Crippen molar-refractivity contribution < 1.29 is 14.6 Å². The Balaban J connectivity index is 2.72. The fourth-order valence-electron chi connectivity index (χ4n) is 1.74. The first kappa shape index (κ1) is 16.5. The van der Waals surface area contributed by atoms with Crippen molar-refractivity contribution in [1.82, 2.24) is 5.32 Å². The van der Waals surface area contributed by atoms with Crippen LogP contribution in [0.3, 0.4) is 0 Å². The minimum atomic E-state index is -0.588. The molecule has 0 saturated carbocycles. The molecule has 0 bridgehead atoms. The molecule has 1 rings (SSSR count). The van der Waals surface area contributed by atoms with Gasteiger partial charge in [-0.1, -0.05) is 26.0 Å². The largest absolute Gasteiger partial charge is 0.481 e. The Bertz CT molecular complexity index is 455. The van der Waals surface area contributed by atoms with E-state index < -0.39 is 12.2 Å². The van der Waals surface area contributed by atoms with Crippen LogP contribution in [0, 0.1) is 6.92 Å². The highest BCUT2D eigenvalue weighted by atomic mass is 16.5. The molecule has 2 unspecified atom stereocenters. The fraction of sp³-hybridized carbons (Fsp3) is 0.562. The second-order valence-electron chi connectivity index (χ2n) is 5.53. The zero-order chi connectivity index (χ0) is 15.3. The summed E-state index contributed by atoms with van der Waals surface area (Å²) in [6.07, 6.45) is -1.15. The quantitative estimate of drug-likeness (QED) is 0.840. The highest BCUT2D eigenvalue weighted by molar-refractivity contribution is 5.80. The third-order valence-corrected chi connectivity index (χ3v) is 3.12. The minimum absolute atomic E-state index is 0.222. The first-order chi connectivity index (χ1) is 9.31. The van der Waals surface area contributed by atoms with Crippen LogP contribution in [0.2, 0.25) is 0 Å². The van der Waals surface area contributed by atoms with Gasteiger partial charge in [-0.2, -0.15) is 0 Å². The molecule has 4 heteroatoms. The SMILES string of the molecule is Cc1ccc(C(C)C)cc1OC(C)C(=O)NCC(C)O. The van der Waals surface area contributed by atoms with Crippen molar-refractivity contribution in [2.24, 2.45) is 0 Å². The summed E-state index contributed by atoms with van der Waals surface area (Å²) in [5, 5.41) is 11.8. The van der Waals surface area contributed by atoms with E-state index in [2.05, 4.69) is 25.2 Å². The van der Waals surface area contributed by atoms with Gasteiger partial charge in [-0.15, -0.1) is 0 Å². The molecular formula is C16H25NO3. The van der Waals surface area contributed by atoms with Crippen LogP contribution in [0.15, 0.2) is 18.2 Å². The van der Waals surface area contributed by atoms with Gasteiger partial charge < -0.3 is 15.2 Å². The molecule has 2 N–H and O–H groups in total. The van der Waals surface area contributed by atoms with Gasteiger partial charge in [-0.25, -0.2) is 0 Å². The van der Waals surface area contributed by atoms with Gasteiger partial charge in [-0.3, -0.25) is 4.79 Å². The van der Waals surface area contributed by atoms with Gasteiger partial charge >= 0.3 is 0 Å². The molecule has 0 heterocycles. The predicted molar refractivity (Wildman–Crippen MR) is 80.0 cm³/mol. The number of benzene rings is 1. The molecule has 112 valence electrons. The Morgan fingerprint density at radius 1 is 1.30 bits per heavy atom. The number of hydrogen-bond donors (Lipinski definition) is 2. The van der Waals surface area contributed by atoms with E-state index in [1.54, 1.807) is 13.8 Å². The lowest BCUT2D eigenvalue weighted by Gasteiger charge is -2.18. The smallest absolute Gasteiger partial charge is 0.260 e. The first-order valence-electron chi connectivity index (χ1n) is 7.04. The molecule has 1 aromatic carbocycles.